The Morgan fingerprint density at radius 1 is 1.19 bits per heavy atom. The lowest BCUT2D eigenvalue weighted by Crippen LogP contribution is -2.38. The SMILES string of the molecule is [C-]#[N+]c1cccc(-n2nc(C)cc2C(=O)Nc2cc(C(N)(CCC3CC3)c3cccnc3)ccc2F)c1. The van der Waals surface area contributed by atoms with E-state index in [1.807, 2.05) is 12.1 Å². The molecule has 186 valence electrons. The number of nitrogens with two attached hydrogens (primary N) is 1. The maximum absolute atomic E-state index is 15.0. The third-order valence-electron chi connectivity index (χ3n) is 6.82. The van der Waals surface area contributed by atoms with Gasteiger partial charge in [-0.1, -0.05) is 37.1 Å². The highest BCUT2D eigenvalue weighted by Gasteiger charge is 2.33. The number of carbonyl (C=O) groups excluding carboxylic acids is 1. The van der Waals surface area contributed by atoms with Crippen LogP contribution in [0.15, 0.2) is 73.1 Å². The maximum atomic E-state index is 15.0. The summed E-state index contributed by atoms with van der Waals surface area (Å²) in [6, 6.07) is 16.8. The monoisotopic (exact) mass is 494 g/mol. The molecule has 1 aliphatic rings. The molecule has 1 atom stereocenters. The predicted octanol–water partition coefficient (Wildman–Crippen LogP) is 5.91. The molecule has 2 aromatic heterocycles. The summed E-state index contributed by atoms with van der Waals surface area (Å²) >= 11 is 0. The lowest BCUT2D eigenvalue weighted by molar-refractivity contribution is 0.101. The van der Waals surface area contributed by atoms with Crippen LogP contribution >= 0.6 is 0 Å². The number of nitrogens with zero attached hydrogens (tertiary/aromatic N) is 4. The Bertz CT molecular complexity index is 1490. The maximum Gasteiger partial charge on any atom is 0.274 e. The first kappa shape index (κ1) is 24.3. The smallest absolute Gasteiger partial charge is 0.274 e. The fraction of sp³-hybridized carbons (Fsp3) is 0.241. The van der Waals surface area contributed by atoms with E-state index >= 15 is 0 Å². The fourth-order valence-electron chi connectivity index (χ4n) is 4.56. The quantitative estimate of drug-likeness (QED) is 0.298. The second-order valence-corrected chi connectivity index (χ2v) is 9.56. The molecule has 1 aliphatic carbocycles. The number of benzene rings is 2. The minimum atomic E-state index is -0.872. The summed E-state index contributed by atoms with van der Waals surface area (Å²) in [5.41, 5.74) is 9.54. The van der Waals surface area contributed by atoms with Crippen LogP contribution in [0.3, 0.4) is 0 Å². The van der Waals surface area contributed by atoms with Crippen LogP contribution in [-0.4, -0.2) is 20.7 Å². The molecule has 5 rings (SSSR count). The van der Waals surface area contributed by atoms with Crippen LogP contribution in [0.1, 0.15) is 53.0 Å². The zero-order valence-corrected chi connectivity index (χ0v) is 20.5. The van der Waals surface area contributed by atoms with Crippen LogP contribution in [-0.2, 0) is 5.54 Å². The summed E-state index contributed by atoms with van der Waals surface area (Å²) in [4.78, 5) is 21.0. The van der Waals surface area contributed by atoms with Crippen molar-refractivity contribution < 1.29 is 9.18 Å². The number of hydrogen-bond acceptors (Lipinski definition) is 4. The van der Waals surface area contributed by atoms with E-state index in [0.29, 0.717) is 35.0 Å². The molecule has 1 unspecified atom stereocenters. The Balaban J connectivity index is 1.48. The van der Waals surface area contributed by atoms with E-state index in [2.05, 4.69) is 20.2 Å². The first-order valence-corrected chi connectivity index (χ1v) is 12.2. The predicted molar refractivity (Wildman–Crippen MR) is 140 cm³/mol. The zero-order valence-electron chi connectivity index (χ0n) is 20.5. The molecule has 4 aromatic rings. The van der Waals surface area contributed by atoms with E-state index in [1.54, 1.807) is 61.8 Å². The van der Waals surface area contributed by atoms with E-state index in [9.17, 15) is 9.18 Å². The molecule has 37 heavy (non-hydrogen) atoms. The van der Waals surface area contributed by atoms with E-state index in [-0.39, 0.29) is 11.4 Å². The highest BCUT2D eigenvalue weighted by Crippen LogP contribution is 2.40. The average molecular weight is 495 g/mol. The van der Waals surface area contributed by atoms with Crippen molar-refractivity contribution in [3.05, 3.63) is 113 Å². The first-order valence-electron chi connectivity index (χ1n) is 12.2. The van der Waals surface area contributed by atoms with Crippen molar-refractivity contribution in [3.8, 4) is 5.69 Å². The Morgan fingerprint density at radius 2 is 2.03 bits per heavy atom. The van der Waals surface area contributed by atoms with Crippen LogP contribution in [0.4, 0.5) is 15.8 Å². The number of carbonyl (C=O) groups is 1. The Hall–Kier alpha value is -4.35. The average Bonchev–Trinajstić information content (AvgIpc) is 3.67. The van der Waals surface area contributed by atoms with Gasteiger partial charge in [-0.25, -0.2) is 13.9 Å². The number of halogens is 1. The number of anilines is 1. The molecule has 8 heteroatoms. The molecule has 3 N–H and O–H groups in total. The second-order valence-electron chi connectivity index (χ2n) is 9.56. The van der Waals surface area contributed by atoms with Gasteiger partial charge < -0.3 is 11.1 Å². The molecule has 0 bridgehead atoms. The minimum absolute atomic E-state index is 0.0351. The molecule has 0 aliphatic heterocycles. The summed E-state index contributed by atoms with van der Waals surface area (Å²) in [6.07, 6.45) is 7.50. The standard InChI is InChI=1S/C29H27FN6O/c1-19-15-27(36(35-19)24-7-3-6-23(17-24)32-2)28(37)34-26-16-21(10-11-25(26)30)29(31,13-12-20-8-9-20)22-5-4-14-33-18-22/h3-7,10-11,14-18,20H,8-9,12-13,31H2,1H3,(H,34,37). The van der Waals surface area contributed by atoms with Crippen LogP contribution < -0.4 is 11.1 Å². The Kier molecular flexibility index (Phi) is 6.55. The van der Waals surface area contributed by atoms with E-state index in [4.69, 9.17) is 12.3 Å². The number of pyridine rings is 1. The molecule has 2 heterocycles. The van der Waals surface area contributed by atoms with E-state index in [1.165, 1.54) is 23.6 Å². The molecule has 7 nitrogen and oxygen atoms in total. The molecule has 2 aromatic carbocycles. The Morgan fingerprint density at radius 3 is 2.76 bits per heavy atom. The molecular formula is C29H27FN6O. The number of nitrogens with one attached hydrogen (secondary N) is 1. The highest BCUT2D eigenvalue weighted by molar-refractivity contribution is 6.03. The van der Waals surface area contributed by atoms with Crippen molar-refractivity contribution in [2.75, 3.05) is 5.32 Å². The largest absolute Gasteiger partial charge is 0.318 e. The third kappa shape index (κ3) is 5.13. The van der Waals surface area contributed by atoms with Gasteiger partial charge in [-0.05, 0) is 73.2 Å². The molecule has 1 fully saturated rings. The number of amides is 1. The topological polar surface area (TPSA) is 90.2 Å². The van der Waals surface area contributed by atoms with Crippen molar-refractivity contribution >= 4 is 17.3 Å². The number of aromatic nitrogens is 3. The van der Waals surface area contributed by atoms with Gasteiger partial charge in [0.1, 0.15) is 11.5 Å². The van der Waals surface area contributed by atoms with Gasteiger partial charge in [0, 0.05) is 12.4 Å². The molecule has 1 amide bonds. The Labute approximate surface area is 215 Å². The van der Waals surface area contributed by atoms with E-state index < -0.39 is 17.3 Å². The lowest BCUT2D eigenvalue weighted by atomic mass is 9.80. The molecule has 0 spiro atoms. The van der Waals surface area contributed by atoms with Crippen LogP contribution in [0, 0.1) is 25.2 Å². The summed E-state index contributed by atoms with van der Waals surface area (Å²) < 4.78 is 16.4. The summed E-state index contributed by atoms with van der Waals surface area (Å²) in [6.45, 7) is 9.04. The summed E-state index contributed by atoms with van der Waals surface area (Å²) in [5.74, 6) is -0.415. The molecular weight excluding hydrogens is 467 g/mol. The van der Waals surface area contributed by atoms with Gasteiger partial charge in [0.15, 0.2) is 5.69 Å². The number of rotatable bonds is 8. The summed E-state index contributed by atoms with van der Waals surface area (Å²) in [7, 11) is 0. The normalized spacial score (nSPS) is 14.5. The fourth-order valence-corrected chi connectivity index (χ4v) is 4.56. The highest BCUT2D eigenvalue weighted by atomic mass is 19.1. The van der Waals surface area contributed by atoms with Crippen LogP contribution in [0.5, 0.6) is 0 Å². The molecule has 0 saturated heterocycles. The number of aryl methyl sites for hydroxylation is 1. The van der Waals surface area contributed by atoms with Gasteiger partial charge in [-0.15, -0.1) is 0 Å². The molecule has 1 saturated carbocycles. The number of hydrogen-bond donors (Lipinski definition) is 2. The van der Waals surface area contributed by atoms with Gasteiger partial charge in [0.25, 0.3) is 5.91 Å². The van der Waals surface area contributed by atoms with Crippen LogP contribution in [0.25, 0.3) is 10.5 Å². The van der Waals surface area contributed by atoms with Crippen molar-refractivity contribution in [1.82, 2.24) is 14.8 Å². The first-order chi connectivity index (χ1) is 17.9. The third-order valence-corrected chi connectivity index (χ3v) is 6.82. The summed E-state index contributed by atoms with van der Waals surface area (Å²) in [5, 5.41) is 7.13. The van der Waals surface area contributed by atoms with E-state index in [0.717, 1.165) is 12.0 Å². The van der Waals surface area contributed by atoms with Gasteiger partial charge in [-0.2, -0.15) is 5.10 Å². The van der Waals surface area contributed by atoms with Crippen LogP contribution in [0.2, 0.25) is 0 Å². The van der Waals surface area contributed by atoms with Gasteiger partial charge in [-0.3, -0.25) is 9.78 Å². The van der Waals surface area contributed by atoms with Crippen molar-refractivity contribution in [3.63, 3.8) is 0 Å². The zero-order chi connectivity index (χ0) is 26.0. The van der Waals surface area contributed by atoms with Gasteiger partial charge >= 0.3 is 0 Å². The second kappa shape index (κ2) is 9.96. The van der Waals surface area contributed by atoms with Gasteiger partial charge in [0.05, 0.1) is 29.2 Å². The molecule has 0 radical (unpaired) electrons. The van der Waals surface area contributed by atoms with Crippen molar-refractivity contribution in [2.45, 2.75) is 38.1 Å². The van der Waals surface area contributed by atoms with Crippen molar-refractivity contribution in [2.24, 2.45) is 11.7 Å². The lowest BCUT2D eigenvalue weighted by Gasteiger charge is -2.31. The van der Waals surface area contributed by atoms with Crippen molar-refractivity contribution in [1.29, 1.82) is 0 Å². The minimum Gasteiger partial charge on any atom is -0.318 e. The van der Waals surface area contributed by atoms with Gasteiger partial charge in [0.2, 0.25) is 0 Å².